The lowest BCUT2D eigenvalue weighted by Gasteiger charge is -2.38. The third kappa shape index (κ3) is 3.53. The number of nitrogens with zero attached hydrogens (tertiary/aromatic N) is 1. The zero-order chi connectivity index (χ0) is 12.1. The monoisotopic (exact) mass is 234 g/mol. The van der Waals surface area contributed by atoms with Crippen molar-refractivity contribution in [3.63, 3.8) is 0 Å². The van der Waals surface area contributed by atoms with Crippen LogP contribution >= 0.6 is 0 Å². The average Bonchev–Trinajstić information content (AvgIpc) is 2.34. The first-order valence-electron chi connectivity index (χ1n) is 6.26. The molecule has 1 saturated heterocycles. The first kappa shape index (κ1) is 12.6. The topological polar surface area (TPSA) is 38.5 Å². The second kappa shape index (κ2) is 5.63. The van der Waals surface area contributed by atoms with Gasteiger partial charge in [-0.2, -0.15) is 0 Å². The summed E-state index contributed by atoms with van der Waals surface area (Å²) in [6.07, 6.45) is 2.04. The molecule has 17 heavy (non-hydrogen) atoms. The number of hydrogen-bond donors (Lipinski definition) is 1. The SMILES string of the molecule is COCC1(N)CCN(Cc2ccccc2)CC1. The first-order chi connectivity index (χ1) is 8.22. The van der Waals surface area contributed by atoms with Gasteiger partial charge < -0.3 is 10.5 Å². The van der Waals surface area contributed by atoms with Crippen molar-refractivity contribution in [3.8, 4) is 0 Å². The number of rotatable bonds is 4. The van der Waals surface area contributed by atoms with E-state index >= 15 is 0 Å². The lowest BCUT2D eigenvalue weighted by Crippen LogP contribution is -2.52. The standard InChI is InChI=1S/C14H22N2O/c1-17-12-14(15)7-9-16(10-8-14)11-13-5-3-2-4-6-13/h2-6H,7-12,15H2,1H3. The predicted molar refractivity (Wildman–Crippen MR) is 69.7 cm³/mol. The number of methoxy groups -OCH3 is 1. The summed E-state index contributed by atoms with van der Waals surface area (Å²) < 4.78 is 5.19. The Kier molecular flexibility index (Phi) is 4.15. The summed E-state index contributed by atoms with van der Waals surface area (Å²) in [5.41, 5.74) is 7.54. The highest BCUT2D eigenvalue weighted by Crippen LogP contribution is 2.21. The normalized spacial score (nSPS) is 20.4. The molecular formula is C14H22N2O. The number of benzene rings is 1. The van der Waals surface area contributed by atoms with Crippen LogP contribution in [-0.2, 0) is 11.3 Å². The first-order valence-corrected chi connectivity index (χ1v) is 6.26. The van der Waals surface area contributed by atoms with E-state index in [1.165, 1.54) is 5.56 Å². The molecule has 1 aromatic carbocycles. The van der Waals surface area contributed by atoms with Crippen LogP contribution in [0, 0.1) is 0 Å². The second-order valence-corrected chi connectivity index (χ2v) is 5.06. The maximum atomic E-state index is 6.27. The Bertz CT molecular complexity index is 331. The van der Waals surface area contributed by atoms with Crippen molar-refractivity contribution >= 4 is 0 Å². The van der Waals surface area contributed by atoms with E-state index in [4.69, 9.17) is 10.5 Å². The molecule has 0 spiro atoms. The highest BCUT2D eigenvalue weighted by atomic mass is 16.5. The van der Waals surface area contributed by atoms with Gasteiger partial charge in [-0.25, -0.2) is 0 Å². The largest absolute Gasteiger partial charge is 0.383 e. The van der Waals surface area contributed by atoms with Gasteiger partial charge in [-0.15, -0.1) is 0 Å². The molecule has 0 aromatic heterocycles. The Balaban J connectivity index is 1.83. The number of nitrogens with two attached hydrogens (primary N) is 1. The van der Waals surface area contributed by atoms with Crippen molar-refractivity contribution in [2.75, 3.05) is 26.8 Å². The molecule has 0 atom stereocenters. The fraction of sp³-hybridized carbons (Fsp3) is 0.571. The van der Waals surface area contributed by atoms with E-state index in [1.54, 1.807) is 7.11 Å². The van der Waals surface area contributed by atoms with Crippen molar-refractivity contribution < 1.29 is 4.74 Å². The Morgan fingerprint density at radius 1 is 1.24 bits per heavy atom. The quantitative estimate of drug-likeness (QED) is 0.860. The molecule has 1 aliphatic rings. The minimum atomic E-state index is -0.109. The maximum absolute atomic E-state index is 6.27. The van der Waals surface area contributed by atoms with Crippen LogP contribution in [0.2, 0.25) is 0 Å². The average molecular weight is 234 g/mol. The molecule has 2 rings (SSSR count). The van der Waals surface area contributed by atoms with Crippen molar-refractivity contribution in [1.82, 2.24) is 4.90 Å². The Labute approximate surface area is 104 Å². The summed E-state index contributed by atoms with van der Waals surface area (Å²) in [6, 6.07) is 10.6. The molecule has 94 valence electrons. The molecule has 1 aliphatic heterocycles. The van der Waals surface area contributed by atoms with E-state index in [-0.39, 0.29) is 5.54 Å². The van der Waals surface area contributed by atoms with Crippen molar-refractivity contribution in [2.45, 2.75) is 24.9 Å². The van der Waals surface area contributed by atoms with Crippen molar-refractivity contribution in [3.05, 3.63) is 35.9 Å². The third-order valence-electron chi connectivity index (χ3n) is 3.53. The Hall–Kier alpha value is -0.900. The lowest BCUT2D eigenvalue weighted by atomic mass is 9.89. The van der Waals surface area contributed by atoms with Crippen LogP contribution in [0.15, 0.2) is 30.3 Å². The third-order valence-corrected chi connectivity index (χ3v) is 3.53. The van der Waals surface area contributed by atoms with Gasteiger partial charge in [0.2, 0.25) is 0 Å². The zero-order valence-electron chi connectivity index (χ0n) is 10.6. The van der Waals surface area contributed by atoms with E-state index in [1.807, 2.05) is 0 Å². The Morgan fingerprint density at radius 2 is 1.88 bits per heavy atom. The van der Waals surface area contributed by atoms with Gasteiger partial charge in [0.05, 0.1) is 6.61 Å². The van der Waals surface area contributed by atoms with E-state index < -0.39 is 0 Å². The van der Waals surface area contributed by atoms with Gasteiger partial charge in [-0.1, -0.05) is 30.3 Å². The summed E-state index contributed by atoms with van der Waals surface area (Å²) in [7, 11) is 1.73. The lowest BCUT2D eigenvalue weighted by molar-refractivity contribution is 0.0749. The zero-order valence-corrected chi connectivity index (χ0v) is 10.6. The molecule has 1 heterocycles. The fourth-order valence-corrected chi connectivity index (χ4v) is 2.43. The Morgan fingerprint density at radius 3 is 2.47 bits per heavy atom. The number of likely N-dealkylation sites (tertiary alicyclic amines) is 1. The van der Waals surface area contributed by atoms with Gasteiger partial charge >= 0.3 is 0 Å². The summed E-state index contributed by atoms with van der Waals surface area (Å²) in [5.74, 6) is 0. The summed E-state index contributed by atoms with van der Waals surface area (Å²) >= 11 is 0. The van der Waals surface area contributed by atoms with Gasteiger partial charge in [0.15, 0.2) is 0 Å². The van der Waals surface area contributed by atoms with Gasteiger partial charge in [0.25, 0.3) is 0 Å². The smallest absolute Gasteiger partial charge is 0.0643 e. The molecule has 0 unspecified atom stereocenters. The van der Waals surface area contributed by atoms with Crippen LogP contribution in [-0.4, -0.2) is 37.2 Å². The van der Waals surface area contributed by atoms with Crippen molar-refractivity contribution in [1.29, 1.82) is 0 Å². The van der Waals surface area contributed by atoms with Gasteiger partial charge in [-0.3, -0.25) is 4.90 Å². The molecule has 0 aliphatic carbocycles. The molecule has 3 heteroatoms. The minimum Gasteiger partial charge on any atom is -0.383 e. The van der Waals surface area contributed by atoms with Crippen LogP contribution in [0.4, 0.5) is 0 Å². The van der Waals surface area contributed by atoms with Crippen LogP contribution in [0.1, 0.15) is 18.4 Å². The molecule has 2 N–H and O–H groups in total. The number of piperidine rings is 1. The molecule has 3 nitrogen and oxygen atoms in total. The van der Waals surface area contributed by atoms with Gasteiger partial charge in [-0.05, 0) is 18.4 Å². The minimum absolute atomic E-state index is 0.109. The molecular weight excluding hydrogens is 212 g/mol. The highest BCUT2D eigenvalue weighted by Gasteiger charge is 2.30. The van der Waals surface area contributed by atoms with E-state index in [2.05, 4.69) is 35.2 Å². The van der Waals surface area contributed by atoms with E-state index in [9.17, 15) is 0 Å². The molecule has 1 aromatic rings. The number of hydrogen-bond acceptors (Lipinski definition) is 3. The molecule has 1 fully saturated rings. The van der Waals surface area contributed by atoms with Crippen molar-refractivity contribution in [2.24, 2.45) is 5.73 Å². The fourth-order valence-electron chi connectivity index (χ4n) is 2.43. The number of ether oxygens (including phenoxy) is 1. The van der Waals surface area contributed by atoms with Crippen LogP contribution in [0.5, 0.6) is 0 Å². The summed E-state index contributed by atoms with van der Waals surface area (Å²) in [4.78, 5) is 2.47. The van der Waals surface area contributed by atoms with E-state index in [0.29, 0.717) is 6.61 Å². The molecule has 0 saturated carbocycles. The van der Waals surface area contributed by atoms with Gasteiger partial charge in [0.1, 0.15) is 0 Å². The maximum Gasteiger partial charge on any atom is 0.0643 e. The molecule has 0 amide bonds. The summed E-state index contributed by atoms with van der Waals surface area (Å²) in [5, 5.41) is 0. The van der Waals surface area contributed by atoms with Crippen LogP contribution < -0.4 is 5.73 Å². The van der Waals surface area contributed by atoms with Crippen LogP contribution in [0.3, 0.4) is 0 Å². The van der Waals surface area contributed by atoms with E-state index in [0.717, 1.165) is 32.5 Å². The second-order valence-electron chi connectivity index (χ2n) is 5.06. The molecule has 0 bridgehead atoms. The molecule has 0 radical (unpaired) electrons. The van der Waals surface area contributed by atoms with Crippen LogP contribution in [0.25, 0.3) is 0 Å². The highest BCUT2D eigenvalue weighted by molar-refractivity contribution is 5.14. The predicted octanol–water partition coefficient (Wildman–Crippen LogP) is 1.63. The van der Waals surface area contributed by atoms with Gasteiger partial charge in [0, 0.05) is 32.3 Å². The summed E-state index contributed by atoms with van der Waals surface area (Å²) in [6.45, 7) is 3.83.